The second-order valence-corrected chi connectivity index (χ2v) is 4.38. The van der Waals surface area contributed by atoms with E-state index >= 15 is 0 Å². The van der Waals surface area contributed by atoms with Gasteiger partial charge in [-0.15, -0.1) is 0 Å². The average Bonchev–Trinajstić information content (AvgIpc) is 2.66. The molecule has 3 rings (SSSR count). The number of fused-ring (bicyclic) bond motifs is 3. The summed E-state index contributed by atoms with van der Waals surface area (Å²) in [7, 11) is 1.58. The minimum absolute atomic E-state index is 0.179. The van der Waals surface area contributed by atoms with Crippen LogP contribution in [0.2, 0.25) is 0 Å². The summed E-state index contributed by atoms with van der Waals surface area (Å²) in [4.78, 5) is 8.65. The Labute approximate surface area is 94.2 Å². The van der Waals surface area contributed by atoms with Crippen LogP contribution in [0.3, 0.4) is 0 Å². The van der Waals surface area contributed by atoms with Gasteiger partial charge in [0.25, 0.3) is 0 Å². The number of methoxy groups -OCH3 is 1. The summed E-state index contributed by atoms with van der Waals surface area (Å²) in [5.41, 5.74) is 0.914. The fourth-order valence-electron chi connectivity index (χ4n) is 2.37. The number of aromatic nitrogens is 2. The van der Waals surface area contributed by atoms with E-state index in [1.165, 1.54) is 0 Å². The third-order valence-corrected chi connectivity index (χ3v) is 3.23. The molecule has 2 aliphatic rings. The summed E-state index contributed by atoms with van der Waals surface area (Å²) >= 11 is 0. The molecule has 2 aliphatic heterocycles. The van der Waals surface area contributed by atoms with Gasteiger partial charge >= 0.3 is 0 Å². The van der Waals surface area contributed by atoms with Gasteiger partial charge in [0.05, 0.1) is 19.3 Å². The number of hydrogen-bond acceptors (Lipinski definition) is 5. The molecule has 0 amide bonds. The zero-order valence-electron chi connectivity index (χ0n) is 9.43. The number of rotatable bonds is 1. The number of ether oxygens (including phenoxy) is 2. The topological polar surface area (TPSA) is 56.3 Å². The molecular weight excluding hydrogens is 206 g/mol. The zero-order valence-corrected chi connectivity index (χ0v) is 9.43. The molecule has 1 saturated heterocycles. The van der Waals surface area contributed by atoms with E-state index < -0.39 is 0 Å². The largest absolute Gasteiger partial charge is 0.480 e. The van der Waals surface area contributed by atoms with Crippen LogP contribution in [0.25, 0.3) is 0 Å². The summed E-state index contributed by atoms with van der Waals surface area (Å²) in [6.45, 7) is 2.19. The SMILES string of the molecule is COc1cnc2c(n1)OC1CCC(C)NC21. The molecule has 3 unspecified atom stereocenters. The van der Waals surface area contributed by atoms with Crippen LogP contribution in [0.15, 0.2) is 6.20 Å². The predicted molar refractivity (Wildman–Crippen MR) is 57.6 cm³/mol. The van der Waals surface area contributed by atoms with Crippen molar-refractivity contribution in [2.45, 2.75) is 38.0 Å². The molecule has 0 spiro atoms. The van der Waals surface area contributed by atoms with E-state index in [1.54, 1.807) is 13.3 Å². The number of hydrogen-bond donors (Lipinski definition) is 1. The maximum atomic E-state index is 5.79. The van der Waals surface area contributed by atoms with Crippen molar-refractivity contribution in [2.75, 3.05) is 7.11 Å². The molecule has 5 nitrogen and oxygen atoms in total. The third kappa shape index (κ3) is 1.43. The van der Waals surface area contributed by atoms with Gasteiger partial charge in [0.2, 0.25) is 11.8 Å². The second kappa shape index (κ2) is 3.59. The van der Waals surface area contributed by atoms with Gasteiger partial charge in [-0.1, -0.05) is 0 Å². The first-order valence-corrected chi connectivity index (χ1v) is 5.61. The normalized spacial score (nSPS) is 31.5. The lowest BCUT2D eigenvalue weighted by molar-refractivity contribution is 0.133. The molecule has 1 N–H and O–H groups in total. The van der Waals surface area contributed by atoms with Gasteiger partial charge < -0.3 is 14.8 Å². The highest BCUT2D eigenvalue weighted by Crippen LogP contribution is 2.39. The number of nitrogens with one attached hydrogen (secondary N) is 1. The highest BCUT2D eigenvalue weighted by atomic mass is 16.5. The minimum Gasteiger partial charge on any atom is -0.480 e. The van der Waals surface area contributed by atoms with Crippen LogP contribution in [0.1, 0.15) is 31.5 Å². The molecule has 3 atom stereocenters. The average molecular weight is 221 g/mol. The highest BCUT2D eigenvalue weighted by Gasteiger charge is 2.40. The van der Waals surface area contributed by atoms with Gasteiger partial charge in [-0.25, -0.2) is 4.98 Å². The second-order valence-electron chi connectivity index (χ2n) is 4.38. The summed E-state index contributed by atoms with van der Waals surface area (Å²) < 4.78 is 10.8. The maximum absolute atomic E-state index is 5.79. The lowest BCUT2D eigenvalue weighted by Crippen LogP contribution is -2.42. The van der Waals surface area contributed by atoms with Gasteiger partial charge in [0.15, 0.2) is 0 Å². The molecule has 16 heavy (non-hydrogen) atoms. The summed E-state index contributed by atoms with van der Waals surface area (Å²) in [5, 5.41) is 3.50. The molecule has 0 bridgehead atoms. The van der Waals surface area contributed by atoms with Crippen LogP contribution in [0.5, 0.6) is 11.8 Å². The van der Waals surface area contributed by atoms with Gasteiger partial charge in [-0.3, -0.25) is 0 Å². The van der Waals surface area contributed by atoms with E-state index in [0.29, 0.717) is 17.8 Å². The van der Waals surface area contributed by atoms with Crippen LogP contribution in [0.4, 0.5) is 0 Å². The Bertz CT molecular complexity index is 410. The summed E-state index contributed by atoms with van der Waals surface area (Å²) in [6.07, 6.45) is 4.01. The van der Waals surface area contributed by atoms with Crippen molar-refractivity contribution in [2.24, 2.45) is 0 Å². The molecule has 3 heterocycles. The van der Waals surface area contributed by atoms with E-state index in [2.05, 4.69) is 22.2 Å². The molecule has 0 aromatic carbocycles. The lowest BCUT2D eigenvalue weighted by Gasteiger charge is -2.29. The molecule has 86 valence electrons. The monoisotopic (exact) mass is 221 g/mol. The smallest absolute Gasteiger partial charge is 0.241 e. The van der Waals surface area contributed by atoms with Crippen molar-refractivity contribution in [1.29, 1.82) is 0 Å². The van der Waals surface area contributed by atoms with Gasteiger partial charge in [-0.2, -0.15) is 4.98 Å². The molecule has 5 heteroatoms. The Balaban J connectivity index is 1.94. The van der Waals surface area contributed by atoms with E-state index in [-0.39, 0.29) is 12.1 Å². The first-order valence-electron chi connectivity index (χ1n) is 5.61. The van der Waals surface area contributed by atoms with Crippen molar-refractivity contribution >= 4 is 0 Å². The molecule has 1 fully saturated rings. The van der Waals surface area contributed by atoms with E-state index in [0.717, 1.165) is 18.5 Å². The Morgan fingerprint density at radius 2 is 2.38 bits per heavy atom. The van der Waals surface area contributed by atoms with E-state index in [4.69, 9.17) is 9.47 Å². The number of nitrogens with zero attached hydrogens (tertiary/aromatic N) is 2. The third-order valence-electron chi connectivity index (χ3n) is 3.23. The standard InChI is InChI=1S/C11H15N3O2/c1-6-3-4-7-9(13-6)10-11(16-7)14-8(15-2)5-12-10/h5-7,9,13H,3-4H2,1-2H3. The van der Waals surface area contributed by atoms with E-state index in [9.17, 15) is 0 Å². The van der Waals surface area contributed by atoms with Crippen molar-refractivity contribution < 1.29 is 9.47 Å². The van der Waals surface area contributed by atoms with Crippen LogP contribution in [0, 0.1) is 0 Å². The predicted octanol–water partition coefficient (Wildman–Crippen LogP) is 1.06. The first kappa shape index (κ1) is 9.84. The fourth-order valence-corrected chi connectivity index (χ4v) is 2.37. The van der Waals surface area contributed by atoms with Gasteiger partial charge in [0.1, 0.15) is 11.8 Å². The van der Waals surface area contributed by atoms with Crippen LogP contribution in [-0.2, 0) is 0 Å². The van der Waals surface area contributed by atoms with Crippen molar-refractivity contribution in [1.82, 2.24) is 15.3 Å². The Morgan fingerprint density at radius 3 is 3.19 bits per heavy atom. The highest BCUT2D eigenvalue weighted by molar-refractivity contribution is 5.31. The molecule has 0 radical (unpaired) electrons. The zero-order chi connectivity index (χ0) is 11.1. The fraction of sp³-hybridized carbons (Fsp3) is 0.636. The van der Waals surface area contributed by atoms with E-state index in [1.807, 2.05) is 0 Å². The van der Waals surface area contributed by atoms with Gasteiger partial charge in [0, 0.05) is 6.04 Å². The Hall–Kier alpha value is -1.36. The molecule has 0 aliphatic carbocycles. The van der Waals surface area contributed by atoms with Gasteiger partial charge in [-0.05, 0) is 19.8 Å². The number of piperidine rings is 1. The molecule has 0 saturated carbocycles. The maximum Gasteiger partial charge on any atom is 0.241 e. The van der Waals surface area contributed by atoms with Crippen molar-refractivity contribution in [3.63, 3.8) is 0 Å². The van der Waals surface area contributed by atoms with Crippen LogP contribution >= 0.6 is 0 Å². The molecular formula is C11H15N3O2. The van der Waals surface area contributed by atoms with Crippen molar-refractivity contribution in [3.05, 3.63) is 11.9 Å². The quantitative estimate of drug-likeness (QED) is 0.768. The Morgan fingerprint density at radius 1 is 1.50 bits per heavy atom. The van der Waals surface area contributed by atoms with Crippen LogP contribution < -0.4 is 14.8 Å². The van der Waals surface area contributed by atoms with Crippen molar-refractivity contribution in [3.8, 4) is 11.8 Å². The minimum atomic E-state index is 0.179. The summed E-state index contributed by atoms with van der Waals surface area (Å²) in [5.74, 6) is 1.13. The molecule has 1 aromatic heterocycles. The Kier molecular flexibility index (Phi) is 2.21. The first-order chi connectivity index (χ1) is 7.78. The summed E-state index contributed by atoms with van der Waals surface area (Å²) in [6, 6.07) is 0.705. The molecule has 1 aromatic rings. The van der Waals surface area contributed by atoms with Crippen LogP contribution in [-0.4, -0.2) is 29.2 Å². The lowest BCUT2D eigenvalue weighted by atomic mass is 9.96.